The van der Waals surface area contributed by atoms with E-state index in [1.165, 1.54) is 0 Å². The lowest BCUT2D eigenvalue weighted by Gasteiger charge is -2.08. The van der Waals surface area contributed by atoms with Gasteiger partial charge in [-0.1, -0.05) is 24.3 Å². The SMILES string of the molecule is Cc1cccc(Oc2cccc(CCl)c2)c1[N+](=O)[O-]. The molecule has 0 aliphatic carbocycles. The van der Waals surface area contributed by atoms with Gasteiger partial charge in [0.05, 0.1) is 4.92 Å². The van der Waals surface area contributed by atoms with Crippen LogP contribution < -0.4 is 4.74 Å². The number of alkyl halides is 1. The second-order valence-corrected chi connectivity index (χ2v) is 4.33. The van der Waals surface area contributed by atoms with Gasteiger partial charge in [0.25, 0.3) is 0 Å². The Morgan fingerprint density at radius 3 is 2.68 bits per heavy atom. The van der Waals surface area contributed by atoms with Crippen LogP contribution in [0.5, 0.6) is 11.5 Å². The minimum absolute atomic E-state index is 0.0150. The molecular formula is C14H12ClNO3. The number of benzene rings is 2. The van der Waals surface area contributed by atoms with Crippen LogP contribution in [0.3, 0.4) is 0 Å². The van der Waals surface area contributed by atoms with Crippen molar-refractivity contribution in [3.63, 3.8) is 0 Å². The molecule has 0 bridgehead atoms. The number of aryl methyl sites for hydroxylation is 1. The lowest BCUT2D eigenvalue weighted by Crippen LogP contribution is -1.96. The van der Waals surface area contributed by atoms with Crippen molar-refractivity contribution in [1.29, 1.82) is 0 Å². The molecular weight excluding hydrogens is 266 g/mol. The standard InChI is InChI=1S/C14H12ClNO3/c1-10-4-2-7-13(14(10)16(17)18)19-12-6-3-5-11(8-12)9-15/h2-8H,9H2,1H3. The number of nitrogens with zero attached hydrogens (tertiary/aromatic N) is 1. The van der Waals surface area contributed by atoms with E-state index in [-0.39, 0.29) is 11.4 Å². The fraction of sp³-hybridized carbons (Fsp3) is 0.143. The number of rotatable bonds is 4. The van der Waals surface area contributed by atoms with Crippen LogP contribution in [0.1, 0.15) is 11.1 Å². The average molecular weight is 278 g/mol. The van der Waals surface area contributed by atoms with Gasteiger partial charge in [-0.3, -0.25) is 10.1 Å². The Morgan fingerprint density at radius 1 is 1.26 bits per heavy atom. The van der Waals surface area contributed by atoms with Gasteiger partial charge < -0.3 is 4.74 Å². The van der Waals surface area contributed by atoms with Crippen LogP contribution in [0.4, 0.5) is 5.69 Å². The lowest BCUT2D eigenvalue weighted by atomic mass is 10.2. The summed E-state index contributed by atoms with van der Waals surface area (Å²) in [6, 6.07) is 12.2. The molecule has 0 unspecified atom stereocenters. The third-order valence-electron chi connectivity index (χ3n) is 2.66. The lowest BCUT2D eigenvalue weighted by molar-refractivity contribution is -0.386. The van der Waals surface area contributed by atoms with Gasteiger partial charge in [-0.15, -0.1) is 11.6 Å². The zero-order chi connectivity index (χ0) is 13.8. The van der Waals surface area contributed by atoms with Gasteiger partial charge in [-0.05, 0) is 30.7 Å². The highest BCUT2D eigenvalue weighted by molar-refractivity contribution is 6.17. The Bertz CT molecular complexity index is 613. The van der Waals surface area contributed by atoms with Crippen molar-refractivity contribution in [3.8, 4) is 11.5 Å². The molecule has 0 aliphatic rings. The zero-order valence-electron chi connectivity index (χ0n) is 10.3. The molecule has 5 heteroatoms. The summed E-state index contributed by atoms with van der Waals surface area (Å²) < 4.78 is 5.59. The largest absolute Gasteiger partial charge is 0.450 e. The summed E-state index contributed by atoms with van der Waals surface area (Å²) in [7, 11) is 0. The molecule has 0 radical (unpaired) electrons. The number of hydrogen-bond donors (Lipinski definition) is 0. The van der Waals surface area contributed by atoms with Crippen LogP contribution in [-0.4, -0.2) is 4.92 Å². The van der Waals surface area contributed by atoms with E-state index in [1.807, 2.05) is 6.07 Å². The molecule has 0 saturated carbocycles. The summed E-state index contributed by atoms with van der Waals surface area (Å²) in [5, 5.41) is 11.1. The van der Waals surface area contributed by atoms with E-state index < -0.39 is 4.92 Å². The molecule has 0 spiro atoms. The summed E-state index contributed by atoms with van der Waals surface area (Å²) in [5.74, 6) is 1.14. The molecule has 98 valence electrons. The second-order valence-electron chi connectivity index (χ2n) is 4.06. The molecule has 0 fully saturated rings. The zero-order valence-corrected chi connectivity index (χ0v) is 11.1. The summed E-state index contributed by atoms with van der Waals surface area (Å²) in [6.07, 6.45) is 0. The molecule has 19 heavy (non-hydrogen) atoms. The van der Waals surface area contributed by atoms with Gasteiger partial charge >= 0.3 is 5.69 Å². The van der Waals surface area contributed by atoms with Crippen molar-refractivity contribution >= 4 is 17.3 Å². The minimum Gasteiger partial charge on any atom is -0.450 e. The van der Waals surface area contributed by atoms with Gasteiger partial charge in [0, 0.05) is 11.4 Å². The number of nitro benzene ring substituents is 1. The average Bonchev–Trinajstić information content (AvgIpc) is 2.38. The van der Waals surface area contributed by atoms with E-state index in [2.05, 4.69) is 0 Å². The molecule has 0 atom stereocenters. The Labute approximate surface area is 115 Å². The van der Waals surface area contributed by atoms with Crippen molar-refractivity contribution in [2.75, 3.05) is 0 Å². The smallest absolute Gasteiger partial charge is 0.314 e. The third kappa shape index (κ3) is 3.03. The van der Waals surface area contributed by atoms with Crippen LogP contribution in [0.15, 0.2) is 42.5 Å². The fourth-order valence-electron chi connectivity index (χ4n) is 1.77. The molecule has 0 amide bonds. The second kappa shape index (κ2) is 5.71. The van der Waals surface area contributed by atoms with Crippen molar-refractivity contribution in [2.45, 2.75) is 12.8 Å². The monoisotopic (exact) mass is 277 g/mol. The maximum atomic E-state index is 11.1. The molecule has 2 aromatic rings. The molecule has 0 heterocycles. The van der Waals surface area contributed by atoms with Gasteiger partial charge in [-0.2, -0.15) is 0 Å². The van der Waals surface area contributed by atoms with Crippen LogP contribution in [0, 0.1) is 17.0 Å². The topological polar surface area (TPSA) is 52.4 Å². The first-order valence-electron chi connectivity index (χ1n) is 5.68. The first-order valence-corrected chi connectivity index (χ1v) is 6.22. The van der Waals surface area contributed by atoms with E-state index in [0.29, 0.717) is 17.2 Å². The van der Waals surface area contributed by atoms with Crippen LogP contribution >= 0.6 is 11.6 Å². The molecule has 0 N–H and O–H groups in total. The van der Waals surface area contributed by atoms with Gasteiger partial charge in [0.1, 0.15) is 5.75 Å². The summed E-state index contributed by atoms with van der Waals surface area (Å²) >= 11 is 5.75. The van der Waals surface area contributed by atoms with Crippen LogP contribution in [-0.2, 0) is 5.88 Å². The maximum Gasteiger partial charge on any atom is 0.314 e. The Balaban J connectivity index is 2.38. The van der Waals surface area contributed by atoms with Crippen molar-refractivity contribution in [1.82, 2.24) is 0 Å². The highest BCUT2D eigenvalue weighted by Gasteiger charge is 2.18. The van der Waals surface area contributed by atoms with Crippen LogP contribution in [0.2, 0.25) is 0 Å². The molecule has 0 aliphatic heterocycles. The Kier molecular flexibility index (Phi) is 4.02. The fourth-order valence-corrected chi connectivity index (χ4v) is 1.93. The quantitative estimate of drug-likeness (QED) is 0.472. The van der Waals surface area contributed by atoms with E-state index in [1.54, 1.807) is 43.3 Å². The van der Waals surface area contributed by atoms with Gasteiger partial charge in [-0.25, -0.2) is 0 Å². The van der Waals surface area contributed by atoms with Crippen molar-refractivity contribution in [3.05, 3.63) is 63.7 Å². The number of hydrogen-bond acceptors (Lipinski definition) is 3. The molecule has 2 aromatic carbocycles. The van der Waals surface area contributed by atoms with Crippen LogP contribution in [0.25, 0.3) is 0 Å². The molecule has 0 saturated heterocycles. The maximum absolute atomic E-state index is 11.1. The van der Waals surface area contributed by atoms with Crippen molar-refractivity contribution < 1.29 is 9.66 Å². The predicted molar refractivity (Wildman–Crippen MR) is 73.9 cm³/mol. The van der Waals surface area contributed by atoms with E-state index >= 15 is 0 Å². The summed E-state index contributed by atoms with van der Waals surface area (Å²) in [6.45, 7) is 1.68. The van der Waals surface area contributed by atoms with E-state index in [4.69, 9.17) is 16.3 Å². The minimum atomic E-state index is -0.434. The number of ether oxygens (including phenoxy) is 1. The molecule has 2 rings (SSSR count). The van der Waals surface area contributed by atoms with Gasteiger partial charge in [0.15, 0.2) is 0 Å². The third-order valence-corrected chi connectivity index (χ3v) is 2.97. The first-order chi connectivity index (χ1) is 9.11. The number of nitro groups is 1. The predicted octanol–water partition coefficient (Wildman–Crippen LogP) is 4.43. The Morgan fingerprint density at radius 2 is 2.00 bits per heavy atom. The Hall–Kier alpha value is -2.07. The number of para-hydroxylation sites is 1. The van der Waals surface area contributed by atoms with E-state index in [0.717, 1.165) is 5.56 Å². The summed E-state index contributed by atoms with van der Waals surface area (Å²) in [5.41, 5.74) is 1.45. The highest BCUT2D eigenvalue weighted by Crippen LogP contribution is 2.34. The normalized spacial score (nSPS) is 10.2. The number of halogens is 1. The summed E-state index contributed by atoms with van der Waals surface area (Å²) in [4.78, 5) is 10.6. The van der Waals surface area contributed by atoms with Crippen molar-refractivity contribution in [2.24, 2.45) is 0 Å². The highest BCUT2D eigenvalue weighted by atomic mass is 35.5. The van der Waals surface area contributed by atoms with Gasteiger partial charge in [0.2, 0.25) is 5.75 Å². The molecule has 4 nitrogen and oxygen atoms in total. The first kappa shape index (κ1) is 13.4. The van der Waals surface area contributed by atoms with E-state index in [9.17, 15) is 10.1 Å². The molecule has 0 aromatic heterocycles.